The van der Waals surface area contributed by atoms with Crippen LogP contribution in [0.15, 0.2) is 18.3 Å². The second-order valence-corrected chi connectivity index (χ2v) is 4.44. The lowest BCUT2D eigenvalue weighted by molar-refractivity contribution is -0.151. The van der Waals surface area contributed by atoms with Gasteiger partial charge in [0.25, 0.3) is 0 Å². The third-order valence-electron chi connectivity index (χ3n) is 2.70. The Hall–Kier alpha value is -1.63. The molecule has 98 valence electrons. The lowest BCUT2D eigenvalue weighted by Crippen LogP contribution is -2.49. The molecule has 0 radical (unpaired) electrons. The van der Waals surface area contributed by atoms with Crippen molar-refractivity contribution in [1.82, 2.24) is 4.98 Å². The highest BCUT2D eigenvalue weighted by Gasteiger charge is 2.41. The van der Waals surface area contributed by atoms with E-state index in [1.807, 2.05) is 0 Å². The van der Waals surface area contributed by atoms with Crippen molar-refractivity contribution in [3.05, 3.63) is 24.0 Å². The van der Waals surface area contributed by atoms with Crippen molar-refractivity contribution in [2.75, 3.05) is 18.5 Å². The van der Waals surface area contributed by atoms with E-state index in [1.54, 1.807) is 6.92 Å². The summed E-state index contributed by atoms with van der Waals surface area (Å²) in [5.41, 5.74) is -1.36. The van der Waals surface area contributed by atoms with Gasteiger partial charge in [-0.1, -0.05) is 0 Å². The molecule has 1 amide bonds. The van der Waals surface area contributed by atoms with E-state index in [0.717, 1.165) is 12.3 Å². The topological polar surface area (TPSA) is 51.2 Å². The Kier molecular flexibility index (Phi) is 3.02. The summed E-state index contributed by atoms with van der Waals surface area (Å²) in [5, 5.41) is 2.51. The van der Waals surface area contributed by atoms with E-state index in [1.165, 1.54) is 6.07 Å². The number of carbonyl (C=O) groups excluding carboxylic acids is 1. The van der Waals surface area contributed by atoms with Crippen LogP contribution in [0, 0.1) is 5.41 Å². The molecule has 1 aliphatic rings. The van der Waals surface area contributed by atoms with Crippen LogP contribution in [0.4, 0.5) is 18.9 Å². The number of nitrogens with one attached hydrogen (secondary N) is 1. The molecule has 4 nitrogen and oxygen atoms in total. The number of anilines is 1. The number of pyridine rings is 1. The van der Waals surface area contributed by atoms with Crippen LogP contribution in [0.1, 0.15) is 12.6 Å². The second kappa shape index (κ2) is 4.24. The van der Waals surface area contributed by atoms with Gasteiger partial charge in [-0.05, 0) is 19.1 Å². The number of nitrogens with zero attached hydrogens (tertiary/aromatic N) is 1. The second-order valence-electron chi connectivity index (χ2n) is 4.44. The highest BCUT2D eigenvalue weighted by Crippen LogP contribution is 2.30. The van der Waals surface area contributed by atoms with Crippen LogP contribution in [0.3, 0.4) is 0 Å². The maximum atomic E-state index is 12.3. The minimum Gasteiger partial charge on any atom is -0.379 e. The number of hydrogen-bond acceptors (Lipinski definition) is 3. The van der Waals surface area contributed by atoms with E-state index < -0.39 is 17.3 Å². The summed E-state index contributed by atoms with van der Waals surface area (Å²) in [6.07, 6.45) is -3.49. The van der Waals surface area contributed by atoms with Crippen LogP contribution in [-0.2, 0) is 15.7 Å². The van der Waals surface area contributed by atoms with Crippen LogP contribution in [0.5, 0.6) is 0 Å². The SMILES string of the molecule is CC1(C(=O)Nc2ccc(C(F)(F)F)nc2)COC1. The Morgan fingerprint density at radius 3 is 2.50 bits per heavy atom. The first kappa shape index (κ1) is 12.8. The fraction of sp³-hybridized carbons (Fsp3) is 0.455. The molecule has 18 heavy (non-hydrogen) atoms. The van der Waals surface area contributed by atoms with Crippen LogP contribution in [0.25, 0.3) is 0 Å². The van der Waals surface area contributed by atoms with Crippen LogP contribution >= 0.6 is 0 Å². The summed E-state index contributed by atoms with van der Waals surface area (Å²) < 4.78 is 41.7. The molecule has 0 aromatic carbocycles. The van der Waals surface area contributed by atoms with Crippen molar-refractivity contribution in [3.63, 3.8) is 0 Å². The summed E-state index contributed by atoms with van der Waals surface area (Å²) >= 11 is 0. The average molecular weight is 260 g/mol. The zero-order valence-corrected chi connectivity index (χ0v) is 9.54. The van der Waals surface area contributed by atoms with E-state index in [9.17, 15) is 18.0 Å². The number of amides is 1. The number of ether oxygens (including phenoxy) is 1. The molecule has 1 N–H and O–H groups in total. The van der Waals surface area contributed by atoms with Gasteiger partial charge in [0.15, 0.2) is 0 Å². The van der Waals surface area contributed by atoms with Gasteiger partial charge in [-0.15, -0.1) is 0 Å². The van der Waals surface area contributed by atoms with Gasteiger partial charge >= 0.3 is 6.18 Å². The molecular weight excluding hydrogens is 249 g/mol. The molecule has 7 heteroatoms. The Morgan fingerprint density at radius 2 is 2.11 bits per heavy atom. The van der Waals surface area contributed by atoms with Gasteiger partial charge in [-0.25, -0.2) is 4.98 Å². The lowest BCUT2D eigenvalue weighted by atomic mass is 9.87. The van der Waals surface area contributed by atoms with Gasteiger partial charge in [-0.2, -0.15) is 13.2 Å². The van der Waals surface area contributed by atoms with Crippen LogP contribution in [-0.4, -0.2) is 24.1 Å². The molecule has 1 fully saturated rings. The Morgan fingerprint density at radius 1 is 1.44 bits per heavy atom. The third kappa shape index (κ3) is 2.45. The van der Waals surface area contributed by atoms with Gasteiger partial charge in [0, 0.05) is 0 Å². The first-order chi connectivity index (χ1) is 8.31. The molecule has 2 rings (SSSR count). The van der Waals surface area contributed by atoms with Crippen LogP contribution < -0.4 is 5.32 Å². The number of hydrogen-bond donors (Lipinski definition) is 1. The van der Waals surface area contributed by atoms with Crippen molar-refractivity contribution in [2.24, 2.45) is 5.41 Å². The number of alkyl halides is 3. The Bertz CT molecular complexity index is 452. The van der Waals surface area contributed by atoms with Crippen molar-refractivity contribution < 1.29 is 22.7 Å². The maximum Gasteiger partial charge on any atom is 0.433 e. The maximum absolute atomic E-state index is 12.3. The lowest BCUT2D eigenvalue weighted by Gasteiger charge is -2.36. The van der Waals surface area contributed by atoms with E-state index >= 15 is 0 Å². The molecule has 1 aromatic heterocycles. The summed E-state index contributed by atoms with van der Waals surface area (Å²) in [5.74, 6) is -0.282. The van der Waals surface area contributed by atoms with Gasteiger partial charge in [-0.3, -0.25) is 4.79 Å². The zero-order chi connectivity index (χ0) is 13.4. The van der Waals surface area contributed by atoms with E-state index in [2.05, 4.69) is 10.3 Å². The summed E-state index contributed by atoms with van der Waals surface area (Å²) in [7, 11) is 0. The van der Waals surface area contributed by atoms with Crippen molar-refractivity contribution in [3.8, 4) is 0 Å². The van der Waals surface area contributed by atoms with E-state index in [4.69, 9.17) is 4.74 Å². The quantitative estimate of drug-likeness (QED) is 0.885. The molecule has 0 spiro atoms. The van der Waals surface area contributed by atoms with Crippen LogP contribution in [0.2, 0.25) is 0 Å². The van der Waals surface area contributed by atoms with E-state index in [-0.39, 0.29) is 11.6 Å². The fourth-order valence-corrected chi connectivity index (χ4v) is 1.46. The van der Waals surface area contributed by atoms with Gasteiger partial charge < -0.3 is 10.1 Å². The third-order valence-corrected chi connectivity index (χ3v) is 2.70. The highest BCUT2D eigenvalue weighted by molar-refractivity contribution is 5.95. The first-order valence-corrected chi connectivity index (χ1v) is 5.24. The van der Waals surface area contributed by atoms with Gasteiger partial charge in [0.1, 0.15) is 5.69 Å². The molecule has 0 bridgehead atoms. The number of aromatic nitrogens is 1. The zero-order valence-electron chi connectivity index (χ0n) is 9.54. The molecule has 0 unspecified atom stereocenters. The van der Waals surface area contributed by atoms with Crippen molar-refractivity contribution in [1.29, 1.82) is 0 Å². The monoisotopic (exact) mass is 260 g/mol. The molecular formula is C11H11F3N2O2. The fourth-order valence-electron chi connectivity index (χ4n) is 1.46. The number of rotatable bonds is 2. The summed E-state index contributed by atoms with van der Waals surface area (Å²) in [6, 6.07) is 2.01. The molecule has 1 aromatic rings. The minimum absolute atomic E-state index is 0.237. The predicted octanol–water partition coefficient (Wildman–Crippen LogP) is 2.08. The Balaban J connectivity index is 2.05. The average Bonchev–Trinajstić information content (AvgIpc) is 2.25. The molecule has 2 heterocycles. The molecule has 0 saturated carbocycles. The predicted molar refractivity (Wildman–Crippen MR) is 56.8 cm³/mol. The minimum atomic E-state index is -4.48. The highest BCUT2D eigenvalue weighted by atomic mass is 19.4. The molecule has 1 saturated heterocycles. The summed E-state index contributed by atoms with van der Waals surface area (Å²) in [6.45, 7) is 2.35. The van der Waals surface area contributed by atoms with E-state index in [0.29, 0.717) is 13.2 Å². The normalized spacial score (nSPS) is 18.0. The summed E-state index contributed by atoms with van der Waals surface area (Å²) in [4.78, 5) is 15.0. The van der Waals surface area contributed by atoms with Gasteiger partial charge in [0.05, 0.1) is 30.5 Å². The largest absolute Gasteiger partial charge is 0.433 e. The molecule has 0 aliphatic carbocycles. The van der Waals surface area contributed by atoms with Gasteiger partial charge in [0.2, 0.25) is 5.91 Å². The smallest absolute Gasteiger partial charge is 0.379 e. The van der Waals surface area contributed by atoms with Crippen molar-refractivity contribution >= 4 is 11.6 Å². The number of carbonyl (C=O) groups is 1. The Labute approximate surface area is 101 Å². The number of halogens is 3. The first-order valence-electron chi connectivity index (χ1n) is 5.24. The molecule has 1 aliphatic heterocycles. The van der Waals surface area contributed by atoms with Crippen molar-refractivity contribution in [2.45, 2.75) is 13.1 Å². The molecule has 0 atom stereocenters. The standard InChI is InChI=1S/C11H11F3N2O2/c1-10(5-18-6-10)9(17)16-7-2-3-8(15-4-7)11(12,13)14/h2-4H,5-6H2,1H3,(H,16,17).